The normalized spacial score (nSPS) is 19.7. The van der Waals surface area contributed by atoms with Crippen LogP contribution in [0.1, 0.15) is 52.6 Å². The summed E-state index contributed by atoms with van der Waals surface area (Å²) >= 11 is 0. The molecule has 0 aliphatic carbocycles. The Balaban J connectivity index is 1.27. The smallest absolute Gasteiger partial charge is 0.257 e. The van der Waals surface area contributed by atoms with E-state index in [0.29, 0.717) is 35.7 Å². The molecular formula is C25H28N4O4. The lowest BCUT2D eigenvalue weighted by Crippen LogP contribution is -2.32. The third-order valence-corrected chi connectivity index (χ3v) is 6.67. The number of methoxy groups -OCH3 is 1. The van der Waals surface area contributed by atoms with Gasteiger partial charge < -0.3 is 19.3 Å². The van der Waals surface area contributed by atoms with Gasteiger partial charge in [0.05, 0.1) is 23.9 Å². The maximum atomic E-state index is 13.2. The van der Waals surface area contributed by atoms with Crippen LogP contribution in [0.5, 0.6) is 11.5 Å². The van der Waals surface area contributed by atoms with E-state index >= 15 is 0 Å². The van der Waals surface area contributed by atoms with Crippen LogP contribution < -0.4 is 9.47 Å². The number of carbonyl (C=O) groups is 2. The van der Waals surface area contributed by atoms with E-state index in [0.717, 1.165) is 49.4 Å². The van der Waals surface area contributed by atoms with E-state index in [2.05, 4.69) is 9.97 Å². The Morgan fingerprint density at radius 1 is 1.12 bits per heavy atom. The first-order valence-corrected chi connectivity index (χ1v) is 11.5. The zero-order chi connectivity index (χ0) is 22.9. The van der Waals surface area contributed by atoms with Crippen LogP contribution in [0.2, 0.25) is 0 Å². The van der Waals surface area contributed by atoms with E-state index in [1.54, 1.807) is 13.3 Å². The summed E-state index contributed by atoms with van der Waals surface area (Å²) in [6.07, 6.45) is 6.44. The largest absolute Gasteiger partial charge is 0.497 e. The SMILES string of the molecule is COc1ccc2c(c1)C=C(C(=O)N1CC[C@H](c3ncc(C(=O)N4CCCC4)c(C)n3)C1)CO2. The number of aromatic nitrogens is 2. The maximum absolute atomic E-state index is 13.2. The number of hydrogen-bond donors (Lipinski definition) is 0. The highest BCUT2D eigenvalue weighted by Crippen LogP contribution is 2.32. The molecule has 3 aliphatic rings. The van der Waals surface area contributed by atoms with Crippen LogP contribution in [0.25, 0.3) is 6.08 Å². The summed E-state index contributed by atoms with van der Waals surface area (Å²) in [5.74, 6) is 2.22. The number of fused-ring (bicyclic) bond motifs is 1. The summed E-state index contributed by atoms with van der Waals surface area (Å²) in [5.41, 5.74) is 2.75. The number of nitrogens with zero attached hydrogens (tertiary/aromatic N) is 4. The van der Waals surface area contributed by atoms with Crippen LogP contribution in [0.4, 0.5) is 0 Å². The summed E-state index contributed by atoms with van der Waals surface area (Å²) in [6.45, 7) is 4.92. The Kier molecular flexibility index (Phi) is 5.74. The van der Waals surface area contributed by atoms with Crippen molar-refractivity contribution in [3.8, 4) is 11.5 Å². The first kappa shape index (κ1) is 21.4. The first-order valence-electron chi connectivity index (χ1n) is 11.5. The number of amides is 2. The van der Waals surface area contributed by atoms with Gasteiger partial charge in [-0.3, -0.25) is 9.59 Å². The number of likely N-dealkylation sites (tertiary alicyclic amines) is 2. The van der Waals surface area contributed by atoms with Crippen molar-refractivity contribution < 1.29 is 19.1 Å². The van der Waals surface area contributed by atoms with Crippen molar-refractivity contribution in [2.24, 2.45) is 0 Å². The summed E-state index contributed by atoms with van der Waals surface area (Å²) in [7, 11) is 1.62. The van der Waals surface area contributed by atoms with Crippen molar-refractivity contribution in [3.05, 3.63) is 52.6 Å². The fraction of sp³-hybridized carbons (Fsp3) is 0.440. The topological polar surface area (TPSA) is 84.9 Å². The molecule has 33 heavy (non-hydrogen) atoms. The van der Waals surface area contributed by atoms with Crippen molar-refractivity contribution >= 4 is 17.9 Å². The van der Waals surface area contributed by atoms with E-state index in [1.807, 2.05) is 41.0 Å². The predicted molar refractivity (Wildman–Crippen MR) is 122 cm³/mol. The van der Waals surface area contributed by atoms with Crippen LogP contribution in [-0.4, -0.2) is 71.5 Å². The third-order valence-electron chi connectivity index (χ3n) is 6.67. The highest BCUT2D eigenvalue weighted by atomic mass is 16.5. The summed E-state index contributed by atoms with van der Waals surface area (Å²) in [5, 5.41) is 0. The predicted octanol–water partition coefficient (Wildman–Crippen LogP) is 2.82. The first-order chi connectivity index (χ1) is 16.0. The highest BCUT2D eigenvalue weighted by Gasteiger charge is 2.32. The van der Waals surface area contributed by atoms with E-state index in [-0.39, 0.29) is 24.3 Å². The van der Waals surface area contributed by atoms with Crippen LogP contribution in [0.3, 0.4) is 0 Å². The van der Waals surface area contributed by atoms with Crippen molar-refractivity contribution in [1.29, 1.82) is 0 Å². The average Bonchev–Trinajstić information content (AvgIpc) is 3.55. The quantitative estimate of drug-likeness (QED) is 0.715. The molecule has 2 saturated heterocycles. The lowest BCUT2D eigenvalue weighted by molar-refractivity contribution is -0.126. The van der Waals surface area contributed by atoms with Crippen molar-refractivity contribution in [3.63, 3.8) is 0 Å². The number of rotatable bonds is 4. The summed E-state index contributed by atoms with van der Waals surface area (Å²) in [4.78, 5) is 38.7. The molecule has 2 fully saturated rings. The number of hydrogen-bond acceptors (Lipinski definition) is 6. The van der Waals surface area contributed by atoms with Gasteiger partial charge in [-0.05, 0) is 50.5 Å². The standard InChI is InChI=1S/C25H28N4O4/c1-16-21(25(31)28-8-3-4-9-28)13-26-23(27-16)17-7-10-29(14-17)24(30)19-11-18-12-20(32-2)5-6-22(18)33-15-19/h5-6,11-13,17H,3-4,7-10,14-15H2,1-2H3/t17-/m0/s1. The Morgan fingerprint density at radius 3 is 2.70 bits per heavy atom. The monoisotopic (exact) mass is 448 g/mol. The molecule has 1 aromatic carbocycles. The van der Waals surface area contributed by atoms with Crippen LogP contribution in [0, 0.1) is 6.92 Å². The second kappa shape index (κ2) is 8.84. The third kappa shape index (κ3) is 4.17. The minimum atomic E-state index is -0.0245. The van der Waals surface area contributed by atoms with Crippen LogP contribution in [0.15, 0.2) is 30.0 Å². The van der Waals surface area contributed by atoms with Crippen LogP contribution in [-0.2, 0) is 4.79 Å². The molecule has 8 nitrogen and oxygen atoms in total. The van der Waals surface area contributed by atoms with E-state index < -0.39 is 0 Å². The molecule has 1 atom stereocenters. The zero-order valence-electron chi connectivity index (χ0n) is 19.0. The molecule has 0 unspecified atom stereocenters. The molecule has 2 aromatic rings. The van der Waals surface area contributed by atoms with Crippen molar-refractivity contribution in [2.75, 3.05) is 39.9 Å². The van der Waals surface area contributed by atoms with Gasteiger partial charge in [-0.2, -0.15) is 0 Å². The molecule has 0 saturated carbocycles. The fourth-order valence-corrected chi connectivity index (χ4v) is 4.75. The lowest BCUT2D eigenvalue weighted by Gasteiger charge is -2.22. The second-order valence-corrected chi connectivity index (χ2v) is 8.83. The Bertz CT molecular complexity index is 1120. The second-order valence-electron chi connectivity index (χ2n) is 8.83. The summed E-state index contributed by atoms with van der Waals surface area (Å²) in [6, 6.07) is 5.57. The van der Waals surface area contributed by atoms with Gasteiger partial charge in [0.1, 0.15) is 23.9 Å². The van der Waals surface area contributed by atoms with Gasteiger partial charge in [-0.1, -0.05) is 0 Å². The Hall–Kier alpha value is -3.42. The minimum absolute atomic E-state index is 0.0147. The molecule has 0 bridgehead atoms. The zero-order valence-corrected chi connectivity index (χ0v) is 19.0. The van der Waals surface area contributed by atoms with E-state index in [1.165, 1.54) is 0 Å². The number of aryl methyl sites for hydroxylation is 1. The number of ether oxygens (including phenoxy) is 2. The fourth-order valence-electron chi connectivity index (χ4n) is 4.75. The van der Waals surface area contributed by atoms with Gasteiger partial charge in [-0.15, -0.1) is 0 Å². The average molecular weight is 449 g/mol. The molecule has 0 spiro atoms. The maximum Gasteiger partial charge on any atom is 0.257 e. The number of carbonyl (C=O) groups excluding carboxylic acids is 2. The number of benzene rings is 1. The van der Waals surface area contributed by atoms with Gasteiger partial charge in [0, 0.05) is 43.9 Å². The van der Waals surface area contributed by atoms with Gasteiger partial charge in [0.25, 0.3) is 11.8 Å². The molecule has 8 heteroatoms. The van der Waals surface area contributed by atoms with Crippen molar-refractivity contribution in [2.45, 2.75) is 32.1 Å². The minimum Gasteiger partial charge on any atom is -0.497 e. The lowest BCUT2D eigenvalue weighted by atomic mass is 10.1. The van der Waals surface area contributed by atoms with Gasteiger partial charge in [0.2, 0.25) is 0 Å². The molecule has 4 heterocycles. The Morgan fingerprint density at radius 2 is 1.94 bits per heavy atom. The molecule has 1 aromatic heterocycles. The highest BCUT2D eigenvalue weighted by molar-refractivity contribution is 5.99. The molecule has 5 rings (SSSR count). The van der Waals surface area contributed by atoms with E-state index in [4.69, 9.17) is 9.47 Å². The Labute approximate surface area is 193 Å². The van der Waals surface area contributed by atoms with Crippen molar-refractivity contribution in [1.82, 2.24) is 19.8 Å². The molecule has 0 N–H and O–H groups in total. The molecular weight excluding hydrogens is 420 g/mol. The van der Waals surface area contributed by atoms with Gasteiger partial charge >= 0.3 is 0 Å². The molecule has 0 radical (unpaired) electrons. The molecule has 2 amide bonds. The summed E-state index contributed by atoms with van der Waals surface area (Å²) < 4.78 is 11.1. The van der Waals surface area contributed by atoms with Crippen LogP contribution >= 0.6 is 0 Å². The van der Waals surface area contributed by atoms with Gasteiger partial charge in [0.15, 0.2) is 0 Å². The molecule has 172 valence electrons. The van der Waals surface area contributed by atoms with E-state index in [9.17, 15) is 9.59 Å². The van der Waals surface area contributed by atoms with Gasteiger partial charge in [-0.25, -0.2) is 9.97 Å². The molecule has 3 aliphatic heterocycles.